The largest absolute Gasteiger partial charge is 0.353 e. The van der Waals surface area contributed by atoms with E-state index in [4.69, 9.17) is 0 Å². The van der Waals surface area contributed by atoms with E-state index in [1.165, 1.54) is 16.9 Å². The van der Waals surface area contributed by atoms with E-state index in [-0.39, 0.29) is 5.78 Å². The molecule has 0 aliphatic heterocycles. The van der Waals surface area contributed by atoms with Crippen LogP contribution in [0.4, 0.5) is 0 Å². The van der Waals surface area contributed by atoms with Crippen molar-refractivity contribution < 1.29 is 4.79 Å². The summed E-state index contributed by atoms with van der Waals surface area (Å²) in [7, 11) is 0. The van der Waals surface area contributed by atoms with Gasteiger partial charge in [-0.1, -0.05) is 24.3 Å². The maximum Gasteiger partial charge on any atom is 0.181 e. The fourth-order valence-corrected chi connectivity index (χ4v) is 5.10. The Labute approximate surface area is 193 Å². The fourth-order valence-electron chi connectivity index (χ4n) is 4.19. The van der Waals surface area contributed by atoms with Gasteiger partial charge in [-0.25, -0.2) is 4.98 Å². The van der Waals surface area contributed by atoms with Crippen LogP contribution in [0, 0.1) is 6.92 Å². The van der Waals surface area contributed by atoms with E-state index in [2.05, 4.69) is 56.3 Å². The van der Waals surface area contributed by atoms with Crippen molar-refractivity contribution in [3.05, 3.63) is 77.4 Å². The molecule has 0 saturated heterocycles. The molecule has 0 aliphatic rings. The van der Waals surface area contributed by atoms with Crippen LogP contribution in [0.2, 0.25) is 0 Å². The molecule has 1 aromatic carbocycles. The number of hydrogen-bond donors (Lipinski definition) is 2. The van der Waals surface area contributed by atoms with Crippen LogP contribution in [-0.4, -0.2) is 30.9 Å². The second-order valence-corrected chi connectivity index (χ2v) is 9.12. The van der Waals surface area contributed by atoms with E-state index in [0.29, 0.717) is 5.65 Å². The van der Waals surface area contributed by atoms with Crippen molar-refractivity contribution >= 4 is 39.1 Å². The first-order valence-electron chi connectivity index (χ1n) is 10.6. The van der Waals surface area contributed by atoms with E-state index >= 15 is 0 Å². The predicted molar refractivity (Wildman–Crippen MR) is 132 cm³/mol. The number of fused-ring (bicyclic) bond motifs is 2. The van der Waals surface area contributed by atoms with Crippen LogP contribution in [0.25, 0.3) is 55.0 Å². The van der Waals surface area contributed by atoms with E-state index < -0.39 is 0 Å². The summed E-state index contributed by atoms with van der Waals surface area (Å²) in [5.74, 6) is 0.0640. The summed E-state index contributed by atoms with van der Waals surface area (Å²) in [6.45, 7) is 3.69. The van der Waals surface area contributed by atoms with Gasteiger partial charge < -0.3 is 4.98 Å². The van der Waals surface area contributed by atoms with Gasteiger partial charge in [0.25, 0.3) is 0 Å². The van der Waals surface area contributed by atoms with Gasteiger partial charge in [-0.15, -0.1) is 11.3 Å². The number of aromatic amines is 2. The van der Waals surface area contributed by atoms with Crippen LogP contribution >= 0.6 is 11.3 Å². The van der Waals surface area contributed by atoms with Gasteiger partial charge >= 0.3 is 0 Å². The quantitative estimate of drug-likeness (QED) is 0.305. The third-order valence-electron chi connectivity index (χ3n) is 5.87. The van der Waals surface area contributed by atoms with Gasteiger partial charge in [0.05, 0.1) is 26.8 Å². The van der Waals surface area contributed by atoms with Gasteiger partial charge in [0.15, 0.2) is 11.4 Å². The normalized spacial score (nSPS) is 11.5. The van der Waals surface area contributed by atoms with Crippen molar-refractivity contribution in [2.45, 2.75) is 13.8 Å². The van der Waals surface area contributed by atoms with Crippen LogP contribution in [0.15, 0.2) is 67.0 Å². The number of nitrogens with one attached hydrogen (secondary N) is 2. The van der Waals surface area contributed by atoms with E-state index in [9.17, 15) is 4.79 Å². The van der Waals surface area contributed by atoms with Gasteiger partial charge in [-0.2, -0.15) is 5.10 Å². The number of pyridine rings is 2. The Morgan fingerprint density at radius 1 is 1.00 bits per heavy atom. The zero-order chi connectivity index (χ0) is 22.5. The lowest BCUT2D eigenvalue weighted by Crippen LogP contribution is -1.85. The Bertz CT molecular complexity index is 1670. The lowest BCUT2D eigenvalue weighted by molar-refractivity contribution is 0.102. The molecule has 160 valence electrons. The molecule has 5 aromatic heterocycles. The molecule has 7 heteroatoms. The third kappa shape index (κ3) is 3.25. The fraction of sp³-hybridized carbons (Fsp3) is 0.0769. The number of aromatic nitrogens is 5. The molecule has 6 aromatic rings. The third-order valence-corrected chi connectivity index (χ3v) is 7.06. The number of benzene rings is 1. The van der Waals surface area contributed by atoms with E-state index in [0.717, 1.165) is 54.3 Å². The molecule has 6 nitrogen and oxygen atoms in total. The smallest absolute Gasteiger partial charge is 0.181 e. The van der Waals surface area contributed by atoms with Gasteiger partial charge in [0, 0.05) is 34.2 Å². The van der Waals surface area contributed by atoms with Crippen molar-refractivity contribution in [3.63, 3.8) is 0 Å². The second-order valence-electron chi connectivity index (χ2n) is 8.03. The highest BCUT2D eigenvalue weighted by Crippen LogP contribution is 2.36. The Hall–Kier alpha value is -4.10. The summed E-state index contributed by atoms with van der Waals surface area (Å²) in [5.41, 5.74) is 7.70. The number of rotatable bonds is 4. The topological polar surface area (TPSA) is 87.3 Å². The van der Waals surface area contributed by atoms with Crippen molar-refractivity contribution in [2.24, 2.45) is 0 Å². The molecule has 5 heterocycles. The van der Waals surface area contributed by atoms with Crippen LogP contribution in [0.3, 0.4) is 0 Å². The Morgan fingerprint density at radius 2 is 1.88 bits per heavy atom. The van der Waals surface area contributed by atoms with Gasteiger partial charge in [0.1, 0.15) is 0 Å². The number of hydrogen-bond acceptors (Lipinski definition) is 5. The number of Topliss-reactive ketones (excluding diaryl/α,β-unsaturated/α-hetero) is 1. The Morgan fingerprint density at radius 3 is 2.70 bits per heavy atom. The van der Waals surface area contributed by atoms with E-state index in [1.54, 1.807) is 13.1 Å². The molecule has 0 amide bonds. The molecule has 0 fully saturated rings. The predicted octanol–water partition coefficient (Wildman–Crippen LogP) is 6.41. The minimum Gasteiger partial charge on any atom is -0.353 e. The number of thiophene rings is 1. The molecule has 0 radical (unpaired) electrons. The Kier molecular flexibility index (Phi) is 4.45. The van der Waals surface area contributed by atoms with Crippen LogP contribution in [-0.2, 0) is 0 Å². The molecule has 6 rings (SSSR count). The lowest BCUT2D eigenvalue weighted by atomic mass is 10.0. The maximum atomic E-state index is 11.8. The van der Waals surface area contributed by atoms with Crippen LogP contribution in [0.5, 0.6) is 0 Å². The van der Waals surface area contributed by atoms with Gasteiger partial charge in [-0.05, 0) is 55.3 Å². The standard InChI is InChI=1S/C26H19N5OS/c1-14-5-3-4-6-17(14)16-11-19-24(30-31-26(19)28-13-16)21-12-18-20(29-21)9-10-27-25(18)23-8-7-22(33-23)15(2)32/h3-13,29H,1-2H3,(H,28,30,31). The number of carbonyl (C=O) groups is 1. The second kappa shape index (κ2) is 7.50. The van der Waals surface area contributed by atoms with Crippen molar-refractivity contribution in [1.29, 1.82) is 0 Å². The number of ketones is 1. The molecule has 0 atom stereocenters. The zero-order valence-electron chi connectivity index (χ0n) is 18.0. The number of carbonyl (C=O) groups excluding carboxylic acids is 1. The monoisotopic (exact) mass is 449 g/mol. The summed E-state index contributed by atoms with van der Waals surface area (Å²) in [6, 6.07) is 18.3. The first-order valence-corrected chi connectivity index (χ1v) is 11.4. The molecule has 0 spiro atoms. The Balaban J connectivity index is 1.49. The molecular weight excluding hydrogens is 430 g/mol. The molecular formula is C26H19N5OS. The SMILES string of the molecule is CC(=O)c1ccc(-c2nccc3[nH]c(-c4[nH]nc5ncc(-c6ccccc6C)cc45)cc23)s1. The summed E-state index contributed by atoms with van der Waals surface area (Å²) in [6.07, 6.45) is 3.65. The molecule has 0 aliphatic carbocycles. The zero-order valence-corrected chi connectivity index (χ0v) is 18.8. The molecule has 0 saturated carbocycles. The summed E-state index contributed by atoms with van der Waals surface area (Å²) in [4.78, 5) is 26.1. The minimum atomic E-state index is 0.0640. The molecule has 0 bridgehead atoms. The average molecular weight is 450 g/mol. The van der Waals surface area contributed by atoms with Gasteiger partial charge in [0.2, 0.25) is 0 Å². The highest BCUT2D eigenvalue weighted by atomic mass is 32.1. The van der Waals surface area contributed by atoms with Crippen LogP contribution < -0.4 is 0 Å². The van der Waals surface area contributed by atoms with Crippen LogP contribution in [0.1, 0.15) is 22.2 Å². The number of H-pyrrole nitrogens is 2. The van der Waals surface area contributed by atoms with Crippen molar-refractivity contribution in [1.82, 2.24) is 25.1 Å². The molecule has 0 unspecified atom stereocenters. The first-order chi connectivity index (χ1) is 16.1. The van der Waals surface area contributed by atoms with Crippen molar-refractivity contribution in [2.75, 3.05) is 0 Å². The van der Waals surface area contributed by atoms with Gasteiger partial charge in [-0.3, -0.25) is 14.9 Å². The summed E-state index contributed by atoms with van der Waals surface area (Å²) < 4.78 is 0. The number of aryl methyl sites for hydroxylation is 1. The maximum absolute atomic E-state index is 11.8. The first kappa shape index (κ1) is 19.6. The van der Waals surface area contributed by atoms with E-state index in [1.807, 2.05) is 36.5 Å². The highest BCUT2D eigenvalue weighted by molar-refractivity contribution is 7.17. The average Bonchev–Trinajstić information content (AvgIpc) is 3.56. The summed E-state index contributed by atoms with van der Waals surface area (Å²) >= 11 is 1.46. The molecule has 33 heavy (non-hydrogen) atoms. The lowest BCUT2D eigenvalue weighted by Gasteiger charge is -2.05. The minimum absolute atomic E-state index is 0.0640. The summed E-state index contributed by atoms with van der Waals surface area (Å²) in [5, 5.41) is 9.52. The highest BCUT2D eigenvalue weighted by Gasteiger charge is 2.16. The number of nitrogens with zero attached hydrogens (tertiary/aromatic N) is 3. The molecule has 2 N–H and O–H groups in total. The van der Waals surface area contributed by atoms with Crippen molar-refractivity contribution in [3.8, 4) is 33.1 Å².